The van der Waals surface area contributed by atoms with Crippen molar-refractivity contribution in [2.75, 3.05) is 39.8 Å². The molecule has 0 amide bonds. The second-order valence-corrected chi connectivity index (χ2v) is 7.80. The summed E-state index contributed by atoms with van der Waals surface area (Å²) in [5.41, 5.74) is 1.73. The van der Waals surface area contributed by atoms with E-state index in [1.165, 1.54) is 50.8 Å². The van der Waals surface area contributed by atoms with E-state index in [2.05, 4.69) is 59.8 Å². The van der Waals surface area contributed by atoms with Gasteiger partial charge in [-0.25, -0.2) is 0 Å². The minimum Gasteiger partial charge on any atom is -0.357 e. The Hall–Kier alpha value is -1.55. The van der Waals surface area contributed by atoms with E-state index in [-0.39, 0.29) is 5.41 Å². The number of hydrogen-bond donors (Lipinski definition) is 2. The maximum Gasteiger partial charge on any atom is 0.191 e. The molecule has 138 valence electrons. The number of piperidine rings is 1. The van der Waals surface area contributed by atoms with Crippen LogP contribution in [0.3, 0.4) is 0 Å². The second kappa shape index (κ2) is 8.70. The fraction of sp³-hybridized carbons (Fsp3) is 0.667. The van der Waals surface area contributed by atoms with Gasteiger partial charge in [-0.15, -0.1) is 0 Å². The highest BCUT2D eigenvalue weighted by Gasteiger charge is 2.43. The highest BCUT2D eigenvalue weighted by molar-refractivity contribution is 5.79. The van der Waals surface area contributed by atoms with Crippen molar-refractivity contribution in [1.82, 2.24) is 15.5 Å². The molecule has 0 radical (unpaired) electrons. The molecule has 1 aromatic carbocycles. The lowest BCUT2D eigenvalue weighted by atomic mass is 9.94. The molecule has 3 rings (SSSR count). The zero-order valence-corrected chi connectivity index (χ0v) is 15.9. The first kappa shape index (κ1) is 18.2. The van der Waals surface area contributed by atoms with Crippen molar-refractivity contribution < 1.29 is 0 Å². The van der Waals surface area contributed by atoms with E-state index >= 15 is 0 Å². The summed E-state index contributed by atoms with van der Waals surface area (Å²) >= 11 is 0. The lowest BCUT2D eigenvalue weighted by Crippen LogP contribution is -2.39. The van der Waals surface area contributed by atoms with Gasteiger partial charge in [-0.2, -0.15) is 0 Å². The number of aliphatic imine (C=N–C) groups is 1. The van der Waals surface area contributed by atoms with Gasteiger partial charge in [0.25, 0.3) is 0 Å². The van der Waals surface area contributed by atoms with Crippen LogP contribution in [0.5, 0.6) is 0 Å². The minimum absolute atomic E-state index is 0.289. The normalized spacial score (nSPS) is 21.1. The summed E-state index contributed by atoms with van der Waals surface area (Å²) in [6.45, 7) is 7.46. The molecular weight excluding hydrogens is 308 g/mol. The number of nitrogens with zero attached hydrogens (tertiary/aromatic N) is 2. The van der Waals surface area contributed by atoms with Crippen LogP contribution in [0.15, 0.2) is 35.3 Å². The van der Waals surface area contributed by atoms with E-state index in [1.807, 2.05) is 0 Å². The van der Waals surface area contributed by atoms with Gasteiger partial charge in [0.05, 0.1) is 6.54 Å². The summed E-state index contributed by atoms with van der Waals surface area (Å²) < 4.78 is 0. The highest BCUT2D eigenvalue weighted by atomic mass is 15.2. The van der Waals surface area contributed by atoms with Crippen LogP contribution in [0.4, 0.5) is 0 Å². The first-order valence-corrected chi connectivity index (χ1v) is 9.98. The molecule has 1 saturated carbocycles. The zero-order chi connectivity index (χ0) is 17.5. The Kier molecular flexibility index (Phi) is 6.35. The van der Waals surface area contributed by atoms with E-state index in [0.717, 1.165) is 31.5 Å². The predicted molar refractivity (Wildman–Crippen MR) is 106 cm³/mol. The standard InChI is InChI=1S/C21H34N4/c1-3-22-20(23-14-9-18-10-15-25(2)16-11-18)24-17-21(12-13-21)19-7-5-4-6-8-19/h4-8,18H,3,9-17H2,1-2H3,(H2,22,23,24). The highest BCUT2D eigenvalue weighted by Crippen LogP contribution is 2.48. The molecule has 1 aliphatic heterocycles. The molecule has 1 saturated heterocycles. The monoisotopic (exact) mass is 342 g/mol. The molecule has 0 bridgehead atoms. The van der Waals surface area contributed by atoms with Gasteiger partial charge in [0.2, 0.25) is 0 Å². The lowest BCUT2D eigenvalue weighted by molar-refractivity contribution is 0.213. The average Bonchev–Trinajstić information content (AvgIpc) is 3.43. The fourth-order valence-electron chi connectivity index (χ4n) is 3.80. The number of guanidine groups is 1. The number of benzene rings is 1. The summed E-state index contributed by atoms with van der Waals surface area (Å²) in [4.78, 5) is 7.34. The predicted octanol–water partition coefficient (Wildman–Crippen LogP) is 3.01. The number of likely N-dealkylation sites (tertiary alicyclic amines) is 1. The Morgan fingerprint density at radius 2 is 1.88 bits per heavy atom. The van der Waals surface area contributed by atoms with Gasteiger partial charge >= 0.3 is 0 Å². The van der Waals surface area contributed by atoms with Crippen LogP contribution in [0.25, 0.3) is 0 Å². The summed E-state index contributed by atoms with van der Waals surface area (Å²) in [5, 5.41) is 6.97. The Labute approximate surface area is 153 Å². The van der Waals surface area contributed by atoms with Crippen molar-refractivity contribution in [3.63, 3.8) is 0 Å². The summed E-state index contributed by atoms with van der Waals surface area (Å²) in [6.07, 6.45) is 6.44. The smallest absolute Gasteiger partial charge is 0.191 e. The Balaban J connectivity index is 1.48. The molecular formula is C21H34N4. The van der Waals surface area contributed by atoms with Gasteiger partial charge in [-0.3, -0.25) is 4.99 Å². The Bertz CT molecular complexity index is 542. The molecule has 25 heavy (non-hydrogen) atoms. The van der Waals surface area contributed by atoms with E-state index in [9.17, 15) is 0 Å². The zero-order valence-electron chi connectivity index (χ0n) is 15.9. The van der Waals surface area contributed by atoms with Crippen molar-refractivity contribution in [1.29, 1.82) is 0 Å². The number of hydrogen-bond acceptors (Lipinski definition) is 2. The van der Waals surface area contributed by atoms with Crippen LogP contribution in [0.1, 0.15) is 44.6 Å². The van der Waals surface area contributed by atoms with E-state index in [1.54, 1.807) is 0 Å². The average molecular weight is 343 g/mol. The van der Waals surface area contributed by atoms with Crippen molar-refractivity contribution in [2.24, 2.45) is 10.9 Å². The summed E-state index contributed by atoms with van der Waals surface area (Å²) in [7, 11) is 2.23. The molecule has 4 heteroatoms. The van der Waals surface area contributed by atoms with Crippen LogP contribution in [-0.4, -0.2) is 50.6 Å². The quantitative estimate of drug-likeness (QED) is 0.591. The van der Waals surface area contributed by atoms with Crippen LogP contribution < -0.4 is 10.6 Å². The third-order valence-corrected chi connectivity index (χ3v) is 5.81. The van der Waals surface area contributed by atoms with Crippen molar-refractivity contribution in [2.45, 2.75) is 44.4 Å². The molecule has 2 aliphatic rings. The fourth-order valence-corrected chi connectivity index (χ4v) is 3.80. The van der Waals surface area contributed by atoms with Crippen molar-refractivity contribution in [3.8, 4) is 0 Å². The largest absolute Gasteiger partial charge is 0.357 e. The summed E-state index contributed by atoms with van der Waals surface area (Å²) in [5.74, 6) is 1.85. The molecule has 1 aliphatic carbocycles. The van der Waals surface area contributed by atoms with Gasteiger partial charge in [-0.05, 0) is 70.6 Å². The number of rotatable bonds is 7. The van der Waals surface area contributed by atoms with Gasteiger partial charge < -0.3 is 15.5 Å². The van der Waals surface area contributed by atoms with Gasteiger partial charge in [0.15, 0.2) is 5.96 Å². The SMILES string of the molecule is CCNC(=NCC1(c2ccccc2)CC1)NCCC1CCN(C)CC1. The van der Waals surface area contributed by atoms with Crippen LogP contribution in [-0.2, 0) is 5.41 Å². The van der Waals surface area contributed by atoms with E-state index < -0.39 is 0 Å². The van der Waals surface area contributed by atoms with Crippen LogP contribution >= 0.6 is 0 Å². The first-order chi connectivity index (χ1) is 12.2. The molecule has 0 atom stereocenters. The third kappa shape index (κ3) is 5.21. The van der Waals surface area contributed by atoms with E-state index in [0.29, 0.717) is 0 Å². The third-order valence-electron chi connectivity index (χ3n) is 5.81. The van der Waals surface area contributed by atoms with Crippen molar-refractivity contribution in [3.05, 3.63) is 35.9 Å². The maximum absolute atomic E-state index is 4.90. The minimum atomic E-state index is 0.289. The second-order valence-electron chi connectivity index (χ2n) is 7.80. The van der Waals surface area contributed by atoms with Crippen LogP contribution in [0, 0.1) is 5.92 Å². The molecule has 0 aromatic heterocycles. The van der Waals surface area contributed by atoms with Crippen molar-refractivity contribution >= 4 is 5.96 Å². The molecule has 2 N–H and O–H groups in total. The number of nitrogens with one attached hydrogen (secondary N) is 2. The first-order valence-electron chi connectivity index (χ1n) is 9.98. The molecule has 4 nitrogen and oxygen atoms in total. The molecule has 1 aromatic rings. The summed E-state index contributed by atoms with van der Waals surface area (Å²) in [6, 6.07) is 10.9. The Morgan fingerprint density at radius 3 is 2.52 bits per heavy atom. The molecule has 0 spiro atoms. The molecule has 2 fully saturated rings. The Morgan fingerprint density at radius 1 is 1.16 bits per heavy atom. The van der Waals surface area contributed by atoms with Gasteiger partial charge in [0.1, 0.15) is 0 Å². The molecule has 1 heterocycles. The van der Waals surface area contributed by atoms with Gasteiger partial charge in [0, 0.05) is 18.5 Å². The van der Waals surface area contributed by atoms with Gasteiger partial charge in [-0.1, -0.05) is 30.3 Å². The van der Waals surface area contributed by atoms with Crippen LogP contribution in [0.2, 0.25) is 0 Å². The lowest BCUT2D eigenvalue weighted by Gasteiger charge is -2.29. The maximum atomic E-state index is 4.90. The van der Waals surface area contributed by atoms with E-state index in [4.69, 9.17) is 4.99 Å². The topological polar surface area (TPSA) is 39.7 Å². The molecule has 0 unspecified atom stereocenters.